The van der Waals surface area contributed by atoms with Gasteiger partial charge >= 0.3 is 6.18 Å². The van der Waals surface area contributed by atoms with Crippen molar-refractivity contribution in [1.29, 1.82) is 0 Å². The van der Waals surface area contributed by atoms with Crippen LogP contribution in [0, 0.1) is 0 Å². The summed E-state index contributed by atoms with van der Waals surface area (Å²) in [5.74, 6) is 0.555. The van der Waals surface area contributed by atoms with Crippen LogP contribution in [-0.4, -0.2) is 48.3 Å². The van der Waals surface area contributed by atoms with Crippen molar-refractivity contribution in [3.05, 3.63) is 47.5 Å². The highest BCUT2D eigenvalue weighted by Crippen LogP contribution is 2.39. The molecule has 0 unspecified atom stereocenters. The monoisotopic (exact) mass is 455 g/mol. The first-order valence-electron chi connectivity index (χ1n) is 10.1. The van der Waals surface area contributed by atoms with Crippen molar-refractivity contribution in [2.24, 2.45) is 0 Å². The van der Waals surface area contributed by atoms with Crippen molar-refractivity contribution in [1.82, 2.24) is 5.32 Å². The Kier molecular flexibility index (Phi) is 5.78. The number of fused-ring (bicyclic) bond motifs is 1. The van der Waals surface area contributed by atoms with Crippen LogP contribution >= 0.6 is 0 Å². The molecule has 0 saturated carbocycles. The van der Waals surface area contributed by atoms with Gasteiger partial charge in [-0.3, -0.25) is 4.31 Å². The van der Waals surface area contributed by atoms with Gasteiger partial charge in [0.15, 0.2) is 0 Å². The fourth-order valence-electron chi connectivity index (χ4n) is 4.08. The number of ether oxygens (including phenoxy) is 1. The van der Waals surface area contributed by atoms with Crippen LogP contribution in [0.1, 0.15) is 17.5 Å². The topological polar surface area (TPSA) is 61.9 Å². The minimum Gasteiger partial charge on any atom is -0.495 e. The van der Waals surface area contributed by atoms with E-state index in [2.05, 4.69) is 5.32 Å². The van der Waals surface area contributed by atoms with Gasteiger partial charge in [0.05, 0.1) is 28.9 Å². The molecule has 0 amide bonds. The summed E-state index contributed by atoms with van der Waals surface area (Å²) in [5.41, 5.74) is 0.496. The third-order valence-electron chi connectivity index (χ3n) is 5.68. The lowest BCUT2D eigenvalue weighted by Crippen LogP contribution is -2.43. The second-order valence-corrected chi connectivity index (χ2v) is 9.45. The van der Waals surface area contributed by atoms with Gasteiger partial charge in [0, 0.05) is 32.7 Å². The van der Waals surface area contributed by atoms with Crippen molar-refractivity contribution in [2.45, 2.75) is 23.9 Å². The number of methoxy groups -OCH3 is 1. The van der Waals surface area contributed by atoms with Crippen LogP contribution in [0.15, 0.2) is 41.3 Å². The largest absolute Gasteiger partial charge is 0.495 e. The highest BCUT2D eigenvalue weighted by atomic mass is 32.2. The summed E-state index contributed by atoms with van der Waals surface area (Å²) < 4.78 is 73.3. The normalized spacial score (nSPS) is 17.4. The van der Waals surface area contributed by atoms with Gasteiger partial charge in [-0.25, -0.2) is 8.42 Å². The number of aryl methyl sites for hydroxylation is 1. The maximum absolute atomic E-state index is 13.5. The number of rotatable bonds is 4. The molecule has 4 rings (SSSR count). The molecule has 1 fully saturated rings. The molecule has 10 heteroatoms. The predicted octanol–water partition coefficient (Wildman–Crippen LogP) is 3.27. The summed E-state index contributed by atoms with van der Waals surface area (Å²) in [6.45, 7) is 3.05. The number of anilines is 2. The van der Waals surface area contributed by atoms with Crippen molar-refractivity contribution < 1.29 is 26.3 Å². The number of nitrogens with zero attached hydrogens (tertiary/aromatic N) is 2. The summed E-state index contributed by atoms with van der Waals surface area (Å²) in [7, 11) is -2.53. The first-order valence-corrected chi connectivity index (χ1v) is 11.5. The Balaban J connectivity index is 1.76. The zero-order chi connectivity index (χ0) is 22.2. The van der Waals surface area contributed by atoms with Crippen molar-refractivity contribution >= 4 is 21.4 Å². The van der Waals surface area contributed by atoms with Crippen LogP contribution in [0.25, 0.3) is 0 Å². The fourth-order valence-corrected chi connectivity index (χ4v) is 5.63. The number of benzene rings is 2. The lowest BCUT2D eigenvalue weighted by atomic mass is 10.0. The van der Waals surface area contributed by atoms with Crippen LogP contribution in [0.2, 0.25) is 0 Å². The number of hydrogen-bond acceptors (Lipinski definition) is 5. The van der Waals surface area contributed by atoms with E-state index in [9.17, 15) is 21.6 Å². The zero-order valence-corrected chi connectivity index (χ0v) is 17.9. The Morgan fingerprint density at radius 3 is 2.42 bits per heavy atom. The predicted molar refractivity (Wildman–Crippen MR) is 112 cm³/mol. The summed E-state index contributed by atoms with van der Waals surface area (Å²) >= 11 is 0. The maximum atomic E-state index is 13.5. The molecule has 6 nitrogen and oxygen atoms in total. The lowest BCUT2D eigenvalue weighted by molar-refractivity contribution is -0.137. The Morgan fingerprint density at radius 1 is 1.00 bits per heavy atom. The molecular formula is C21H24F3N3O3S. The first-order chi connectivity index (χ1) is 14.7. The first kappa shape index (κ1) is 21.8. The Bertz CT molecular complexity index is 1070. The van der Waals surface area contributed by atoms with Crippen LogP contribution in [0.5, 0.6) is 5.75 Å². The number of alkyl halides is 3. The standard InChI is InChI=1S/C21H24F3N3O3S/c1-30-20-7-6-17(14-19(20)26-11-8-25-9-12-26)31(28,29)27-10-2-3-15-4-5-16(13-18(15)27)21(22,23)24/h4-7,13-14,25H,2-3,8-12H2,1H3. The molecule has 2 aliphatic heterocycles. The molecular weight excluding hydrogens is 431 g/mol. The van der Waals surface area contributed by atoms with E-state index in [-0.39, 0.29) is 17.1 Å². The van der Waals surface area contributed by atoms with Crippen LogP contribution in [0.4, 0.5) is 24.5 Å². The van der Waals surface area contributed by atoms with Crippen molar-refractivity contribution in [2.75, 3.05) is 49.0 Å². The average Bonchev–Trinajstić information content (AvgIpc) is 2.77. The van der Waals surface area contributed by atoms with Crippen LogP contribution in [-0.2, 0) is 22.6 Å². The molecule has 0 aromatic heterocycles. The minimum atomic E-state index is -4.54. The van der Waals surface area contributed by atoms with Gasteiger partial charge in [-0.1, -0.05) is 6.07 Å². The molecule has 0 spiro atoms. The van der Waals surface area contributed by atoms with E-state index in [1.165, 1.54) is 19.2 Å². The zero-order valence-electron chi connectivity index (χ0n) is 17.1. The number of hydrogen-bond donors (Lipinski definition) is 1. The molecule has 2 heterocycles. The van der Waals surface area contributed by atoms with Gasteiger partial charge in [-0.2, -0.15) is 13.2 Å². The summed E-state index contributed by atoms with van der Waals surface area (Å²) in [4.78, 5) is 2.08. The van der Waals surface area contributed by atoms with Gasteiger partial charge in [-0.15, -0.1) is 0 Å². The number of nitrogens with one attached hydrogen (secondary N) is 1. The molecule has 2 aromatic rings. The summed E-state index contributed by atoms with van der Waals surface area (Å²) in [6, 6.07) is 7.92. The van der Waals surface area contributed by atoms with Gasteiger partial charge in [0.1, 0.15) is 5.75 Å². The number of halogens is 3. The Morgan fingerprint density at radius 2 is 1.74 bits per heavy atom. The highest BCUT2D eigenvalue weighted by molar-refractivity contribution is 7.92. The van der Waals surface area contributed by atoms with Crippen molar-refractivity contribution in [3.63, 3.8) is 0 Å². The molecule has 1 N–H and O–H groups in total. The van der Waals surface area contributed by atoms with E-state index in [4.69, 9.17) is 4.74 Å². The van der Waals surface area contributed by atoms with Gasteiger partial charge in [0.25, 0.3) is 10.0 Å². The van der Waals surface area contributed by atoms with Gasteiger partial charge in [-0.05, 0) is 48.7 Å². The molecule has 0 bridgehead atoms. The Labute approximate surface area is 179 Å². The second kappa shape index (κ2) is 8.23. The molecule has 1 saturated heterocycles. The van der Waals surface area contributed by atoms with E-state index in [1.807, 2.05) is 4.90 Å². The lowest BCUT2D eigenvalue weighted by Gasteiger charge is -2.33. The fraction of sp³-hybridized carbons (Fsp3) is 0.429. The molecule has 168 valence electrons. The quantitative estimate of drug-likeness (QED) is 0.767. The third kappa shape index (κ3) is 4.18. The molecule has 2 aromatic carbocycles. The van der Waals surface area contributed by atoms with E-state index >= 15 is 0 Å². The maximum Gasteiger partial charge on any atom is 0.416 e. The molecule has 0 atom stereocenters. The summed E-state index contributed by atoms with van der Waals surface area (Å²) in [6.07, 6.45) is -3.47. The molecule has 31 heavy (non-hydrogen) atoms. The molecule has 0 aliphatic carbocycles. The van der Waals surface area contributed by atoms with Gasteiger partial charge in [0.2, 0.25) is 0 Å². The summed E-state index contributed by atoms with van der Waals surface area (Å²) in [5, 5.41) is 3.25. The smallest absolute Gasteiger partial charge is 0.416 e. The van der Waals surface area contributed by atoms with Crippen molar-refractivity contribution in [3.8, 4) is 5.75 Å². The minimum absolute atomic E-state index is 0.0343. The van der Waals surface area contributed by atoms with Gasteiger partial charge < -0.3 is 15.0 Å². The highest BCUT2D eigenvalue weighted by Gasteiger charge is 2.35. The van der Waals surface area contributed by atoms with E-state index in [0.717, 1.165) is 29.5 Å². The van der Waals surface area contributed by atoms with E-state index in [1.54, 1.807) is 12.1 Å². The average molecular weight is 456 g/mol. The number of piperazine rings is 1. The SMILES string of the molecule is COc1ccc(S(=O)(=O)N2CCCc3ccc(C(F)(F)F)cc32)cc1N1CCNCC1. The van der Waals surface area contributed by atoms with E-state index < -0.39 is 21.8 Å². The van der Waals surface area contributed by atoms with E-state index in [0.29, 0.717) is 42.9 Å². The van der Waals surface area contributed by atoms with Crippen LogP contribution in [0.3, 0.4) is 0 Å². The Hall–Kier alpha value is -2.46. The molecule has 0 radical (unpaired) electrons. The molecule has 2 aliphatic rings. The second-order valence-electron chi connectivity index (χ2n) is 7.59. The number of sulfonamides is 1. The third-order valence-corrected chi connectivity index (χ3v) is 7.49. The van der Waals surface area contributed by atoms with Crippen LogP contribution < -0.4 is 19.3 Å².